The highest BCUT2D eigenvalue weighted by molar-refractivity contribution is 5.60. The molecular formula is C15H22N2. The SMILES string of the molecule is CCC(N)N1CCC2(CCC2)c2ccccc21. The first-order valence-electron chi connectivity index (χ1n) is 6.88. The number of hydrogen-bond acceptors (Lipinski definition) is 2. The highest BCUT2D eigenvalue weighted by Crippen LogP contribution is 2.52. The van der Waals surface area contributed by atoms with Crippen LogP contribution in [0.15, 0.2) is 24.3 Å². The van der Waals surface area contributed by atoms with Crippen molar-refractivity contribution in [3.05, 3.63) is 29.8 Å². The molecule has 1 unspecified atom stereocenters. The van der Waals surface area contributed by atoms with E-state index in [1.54, 1.807) is 5.56 Å². The summed E-state index contributed by atoms with van der Waals surface area (Å²) < 4.78 is 0. The van der Waals surface area contributed by atoms with Crippen LogP contribution in [0.3, 0.4) is 0 Å². The van der Waals surface area contributed by atoms with Gasteiger partial charge in [0.25, 0.3) is 0 Å². The van der Waals surface area contributed by atoms with Gasteiger partial charge < -0.3 is 10.6 Å². The van der Waals surface area contributed by atoms with Gasteiger partial charge in [-0.15, -0.1) is 0 Å². The average Bonchev–Trinajstić information content (AvgIpc) is 2.34. The van der Waals surface area contributed by atoms with Crippen molar-refractivity contribution in [3.8, 4) is 0 Å². The molecule has 1 aromatic carbocycles. The third-order valence-corrected chi connectivity index (χ3v) is 4.75. The van der Waals surface area contributed by atoms with Crippen LogP contribution in [0.4, 0.5) is 5.69 Å². The molecule has 17 heavy (non-hydrogen) atoms. The van der Waals surface area contributed by atoms with Crippen LogP contribution in [-0.4, -0.2) is 12.7 Å². The number of rotatable bonds is 2. The van der Waals surface area contributed by atoms with E-state index in [9.17, 15) is 0 Å². The molecule has 1 heterocycles. The van der Waals surface area contributed by atoms with Gasteiger partial charge in [0.05, 0.1) is 6.17 Å². The van der Waals surface area contributed by atoms with E-state index in [2.05, 4.69) is 36.1 Å². The van der Waals surface area contributed by atoms with E-state index in [1.807, 2.05) is 0 Å². The minimum Gasteiger partial charge on any atom is -0.356 e. The van der Waals surface area contributed by atoms with Gasteiger partial charge in [-0.1, -0.05) is 31.5 Å². The van der Waals surface area contributed by atoms with Crippen molar-refractivity contribution in [1.82, 2.24) is 0 Å². The topological polar surface area (TPSA) is 29.3 Å². The van der Waals surface area contributed by atoms with Crippen molar-refractivity contribution < 1.29 is 0 Å². The Morgan fingerprint density at radius 2 is 2.06 bits per heavy atom. The van der Waals surface area contributed by atoms with Crippen LogP contribution in [0.1, 0.15) is 44.6 Å². The number of nitrogens with two attached hydrogens (primary N) is 1. The Hall–Kier alpha value is -1.02. The van der Waals surface area contributed by atoms with Gasteiger partial charge in [-0.3, -0.25) is 0 Å². The first-order chi connectivity index (χ1) is 8.27. The molecular weight excluding hydrogens is 208 g/mol. The van der Waals surface area contributed by atoms with Crippen LogP contribution in [-0.2, 0) is 5.41 Å². The number of anilines is 1. The van der Waals surface area contributed by atoms with Crippen LogP contribution < -0.4 is 10.6 Å². The Bertz CT molecular complexity index is 409. The van der Waals surface area contributed by atoms with Crippen molar-refractivity contribution in [2.45, 2.75) is 50.6 Å². The van der Waals surface area contributed by atoms with Crippen molar-refractivity contribution >= 4 is 5.69 Å². The van der Waals surface area contributed by atoms with Gasteiger partial charge in [0, 0.05) is 12.2 Å². The number of para-hydroxylation sites is 1. The molecule has 1 spiro atoms. The fourth-order valence-electron chi connectivity index (χ4n) is 3.45. The normalized spacial score (nSPS) is 23.1. The number of nitrogens with zero attached hydrogens (tertiary/aromatic N) is 1. The summed E-state index contributed by atoms with van der Waals surface area (Å²) >= 11 is 0. The highest BCUT2D eigenvalue weighted by Gasteiger charge is 2.43. The zero-order chi connectivity index (χ0) is 11.9. The maximum atomic E-state index is 6.24. The summed E-state index contributed by atoms with van der Waals surface area (Å²) in [5.41, 5.74) is 9.69. The molecule has 1 aliphatic carbocycles. The van der Waals surface area contributed by atoms with Gasteiger partial charge >= 0.3 is 0 Å². The standard InChI is InChI=1S/C15H22N2/c1-2-14(16)17-11-10-15(8-5-9-15)12-6-3-4-7-13(12)17/h3-4,6-7,14H,2,5,8-11,16H2,1H3. The second-order valence-electron chi connectivity index (χ2n) is 5.57. The first-order valence-corrected chi connectivity index (χ1v) is 6.88. The lowest BCUT2D eigenvalue weighted by Crippen LogP contribution is -2.50. The summed E-state index contributed by atoms with van der Waals surface area (Å²) in [7, 11) is 0. The van der Waals surface area contributed by atoms with Crippen molar-refractivity contribution in [1.29, 1.82) is 0 Å². The Kier molecular flexibility index (Phi) is 2.62. The third-order valence-electron chi connectivity index (χ3n) is 4.75. The minimum atomic E-state index is 0.175. The van der Waals surface area contributed by atoms with Gasteiger partial charge in [0.1, 0.15) is 0 Å². The summed E-state index contributed by atoms with van der Waals surface area (Å²) in [6.45, 7) is 3.30. The average molecular weight is 230 g/mol. The zero-order valence-corrected chi connectivity index (χ0v) is 10.7. The largest absolute Gasteiger partial charge is 0.356 e. The van der Waals surface area contributed by atoms with E-state index < -0.39 is 0 Å². The zero-order valence-electron chi connectivity index (χ0n) is 10.7. The van der Waals surface area contributed by atoms with Crippen LogP contribution in [0.5, 0.6) is 0 Å². The summed E-state index contributed by atoms with van der Waals surface area (Å²) in [5.74, 6) is 0. The summed E-state index contributed by atoms with van der Waals surface area (Å²) in [5, 5.41) is 0. The molecule has 0 aromatic heterocycles. The molecule has 0 radical (unpaired) electrons. The second-order valence-corrected chi connectivity index (χ2v) is 5.57. The van der Waals surface area contributed by atoms with Gasteiger partial charge in [-0.25, -0.2) is 0 Å². The van der Waals surface area contributed by atoms with Crippen LogP contribution >= 0.6 is 0 Å². The lowest BCUT2D eigenvalue weighted by molar-refractivity contribution is 0.217. The molecule has 1 fully saturated rings. The molecule has 0 saturated heterocycles. The maximum Gasteiger partial charge on any atom is 0.0768 e. The Morgan fingerprint density at radius 1 is 1.29 bits per heavy atom. The molecule has 1 aromatic rings. The van der Waals surface area contributed by atoms with E-state index in [1.165, 1.54) is 31.4 Å². The molecule has 2 N–H and O–H groups in total. The molecule has 92 valence electrons. The Morgan fingerprint density at radius 3 is 2.71 bits per heavy atom. The molecule has 1 aliphatic heterocycles. The van der Waals surface area contributed by atoms with Gasteiger partial charge in [-0.2, -0.15) is 0 Å². The fraction of sp³-hybridized carbons (Fsp3) is 0.600. The van der Waals surface area contributed by atoms with Gasteiger partial charge in [0.15, 0.2) is 0 Å². The predicted octanol–water partition coefficient (Wildman–Crippen LogP) is 3.01. The molecule has 2 heteroatoms. The van der Waals surface area contributed by atoms with E-state index in [0.29, 0.717) is 5.41 Å². The van der Waals surface area contributed by atoms with Gasteiger partial charge in [0.2, 0.25) is 0 Å². The monoisotopic (exact) mass is 230 g/mol. The summed E-state index contributed by atoms with van der Waals surface area (Å²) in [6.07, 6.45) is 6.62. The molecule has 3 rings (SSSR count). The number of benzene rings is 1. The van der Waals surface area contributed by atoms with Crippen LogP contribution in [0.2, 0.25) is 0 Å². The first kappa shape index (κ1) is 11.1. The summed E-state index contributed by atoms with van der Waals surface area (Å²) in [6, 6.07) is 8.90. The van der Waals surface area contributed by atoms with Crippen molar-refractivity contribution in [2.75, 3.05) is 11.4 Å². The van der Waals surface area contributed by atoms with E-state index in [-0.39, 0.29) is 6.17 Å². The van der Waals surface area contributed by atoms with E-state index >= 15 is 0 Å². The molecule has 0 amide bonds. The fourth-order valence-corrected chi connectivity index (χ4v) is 3.45. The number of hydrogen-bond donors (Lipinski definition) is 1. The van der Waals surface area contributed by atoms with Crippen molar-refractivity contribution in [3.63, 3.8) is 0 Å². The molecule has 1 atom stereocenters. The molecule has 1 saturated carbocycles. The molecule has 2 aliphatic rings. The lowest BCUT2D eigenvalue weighted by atomic mass is 9.60. The lowest BCUT2D eigenvalue weighted by Gasteiger charge is -2.50. The van der Waals surface area contributed by atoms with E-state index in [0.717, 1.165) is 13.0 Å². The van der Waals surface area contributed by atoms with Crippen molar-refractivity contribution in [2.24, 2.45) is 5.73 Å². The van der Waals surface area contributed by atoms with Crippen LogP contribution in [0, 0.1) is 0 Å². The van der Waals surface area contributed by atoms with Gasteiger partial charge in [-0.05, 0) is 42.7 Å². The highest BCUT2D eigenvalue weighted by atomic mass is 15.2. The smallest absolute Gasteiger partial charge is 0.0768 e. The Labute approximate surface area is 104 Å². The third kappa shape index (κ3) is 1.58. The van der Waals surface area contributed by atoms with E-state index in [4.69, 9.17) is 5.73 Å². The maximum absolute atomic E-state index is 6.24. The molecule has 0 bridgehead atoms. The Balaban J connectivity index is 2.01. The molecule has 2 nitrogen and oxygen atoms in total. The summed E-state index contributed by atoms with van der Waals surface area (Å²) in [4.78, 5) is 2.40. The second kappa shape index (κ2) is 4.02. The number of fused-ring (bicyclic) bond motifs is 2. The minimum absolute atomic E-state index is 0.175. The van der Waals surface area contributed by atoms with Crippen LogP contribution in [0.25, 0.3) is 0 Å². The predicted molar refractivity (Wildman–Crippen MR) is 72.2 cm³/mol. The quantitative estimate of drug-likeness (QED) is 0.846.